The van der Waals surface area contributed by atoms with E-state index in [9.17, 15) is 0 Å². The molecule has 148 valence electrons. The number of hydrogen-bond acceptors (Lipinski definition) is 0. The molecule has 1 heterocycles. The molecule has 1 aliphatic heterocycles. The summed E-state index contributed by atoms with van der Waals surface area (Å²) in [5, 5.41) is 0. The van der Waals surface area contributed by atoms with Gasteiger partial charge in [0, 0.05) is 0 Å². The lowest BCUT2D eigenvalue weighted by atomic mass is 9.34. The van der Waals surface area contributed by atoms with Crippen molar-refractivity contribution < 1.29 is 0 Å². The lowest BCUT2D eigenvalue weighted by Gasteiger charge is -2.24. The predicted molar refractivity (Wildman–Crippen MR) is 132 cm³/mol. The van der Waals surface area contributed by atoms with Crippen LogP contribution >= 0.6 is 0 Å². The molecule has 0 fully saturated rings. The van der Waals surface area contributed by atoms with Crippen LogP contribution in [0, 0.1) is 13.8 Å². The van der Waals surface area contributed by atoms with Gasteiger partial charge in [0.15, 0.2) is 0 Å². The van der Waals surface area contributed by atoms with Crippen molar-refractivity contribution in [1.82, 2.24) is 0 Å². The molecular weight excluding hydrogens is 347 g/mol. The van der Waals surface area contributed by atoms with Gasteiger partial charge in [0.2, 0.25) is 6.71 Å². The van der Waals surface area contributed by atoms with Gasteiger partial charge in [-0.2, -0.15) is 0 Å². The van der Waals surface area contributed by atoms with E-state index < -0.39 is 0 Å². The van der Waals surface area contributed by atoms with Crippen molar-refractivity contribution in [3.8, 4) is 0 Å². The van der Waals surface area contributed by atoms with E-state index in [2.05, 4.69) is 93.6 Å². The molecule has 0 aliphatic carbocycles. The Kier molecular flexibility index (Phi) is 7.15. The highest BCUT2D eigenvalue weighted by Crippen LogP contribution is 2.17. The fraction of sp³-hybridized carbons (Fsp3) is 0.286. The second kappa shape index (κ2) is 9.79. The maximum absolute atomic E-state index is 2.42. The maximum Gasteiger partial charge on any atom is 0.243 e. The second-order valence-corrected chi connectivity index (χ2v) is 7.78. The van der Waals surface area contributed by atoms with Gasteiger partial charge < -0.3 is 0 Å². The Balaban J connectivity index is 0.00000117. The summed E-state index contributed by atoms with van der Waals surface area (Å²) in [7, 11) is 0. The average Bonchev–Trinajstić information content (AvgIpc) is 2.91. The zero-order chi connectivity index (χ0) is 20.8. The molecule has 0 saturated carbocycles. The molecule has 0 nitrogen and oxygen atoms in total. The van der Waals surface area contributed by atoms with Crippen LogP contribution in [0.15, 0.2) is 60.7 Å². The van der Waals surface area contributed by atoms with Gasteiger partial charge in [0.05, 0.1) is 0 Å². The number of unbranched alkanes of at least 4 members (excludes halogenated alkanes) is 1. The van der Waals surface area contributed by atoms with E-state index in [0.717, 1.165) is 6.42 Å². The molecule has 4 rings (SSSR count). The van der Waals surface area contributed by atoms with Gasteiger partial charge in [0.1, 0.15) is 0 Å². The average molecular weight is 380 g/mol. The van der Waals surface area contributed by atoms with E-state index in [-0.39, 0.29) is 0 Å². The Labute approximate surface area is 177 Å². The van der Waals surface area contributed by atoms with Crippen LogP contribution < -0.4 is 16.4 Å². The number of hydrogen-bond donors (Lipinski definition) is 0. The summed E-state index contributed by atoms with van der Waals surface area (Å²) in [6.45, 7) is 11.1. The van der Waals surface area contributed by atoms with Crippen LogP contribution in [0.2, 0.25) is 0 Å². The van der Waals surface area contributed by atoms with E-state index in [0.29, 0.717) is 6.71 Å². The number of fused-ring (bicyclic) bond motifs is 2. The van der Waals surface area contributed by atoms with Crippen molar-refractivity contribution in [1.29, 1.82) is 0 Å². The van der Waals surface area contributed by atoms with Gasteiger partial charge in [-0.15, -0.1) is 0 Å². The van der Waals surface area contributed by atoms with Crippen molar-refractivity contribution in [2.75, 3.05) is 0 Å². The summed E-state index contributed by atoms with van der Waals surface area (Å²) >= 11 is 0. The van der Waals surface area contributed by atoms with Crippen molar-refractivity contribution in [2.45, 2.75) is 53.9 Å². The van der Waals surface area contributed by atoms with Crippen LogP contribution in [0.1, 0.15) is 61.4 Å². The summed E-state index contributed by atoms with van der Waals surface area (Å²) < 4.78 is 0. The van der Waals surface area contributed by atoms with Crippen molar-refractivity contribution in [3.05, 3.63) is 88.5 Å². The molecule has 3 aromatic carbocycles. The first-order valence-corrected chi connectivity index (χ1v) is 11.1. The number of rotatable bonds is 4. The molecule has 1 aliphatic rings. The topological polar surface area (TPSA) is 0 Å². The molecule has 0 amide bonds. The van der Waals surface area contributed by atoms with Crippen LogP contribution in [-0.4, -0.2) is 6.71 Å². The van der Waals surface area contributed by atoms with Crippen LogP contribution in [0.25, 0.3) is 12.2 Å². The summed E-state index contributed by atoms with van der Waals surface area (Å²) in [4.78, 5) is 0. The standard InChI is InChI=1S/C26H27B.C2H6/c1-4-5-10-23-18-19(2)17-20(3)26(23)27-24-13-8-6-11-21(24)15-16-22-12-7-9-14-25(22)27;1-2/h6-9,11-18H,4-5,10H2,1-3H3;1-2H3. The van der Waals surface area contributed by atoms with Gasteiger partial charge in [0.25, 0.3) is 0 Å². The lowest BCUT2D eigenvalue weighted by molar-refractivity contribution is 0.796. The summed E-state index contributed by atoms with van der Waals surface area (Å²) in [5.41, 5.74) is 11.3. The molecule has 0 saturated heterocycles. The Hall–Kier alpha value is -2.54. The molecule has 1 heteroatoms. The zero-order valence-corrected chi connectivity index (χ0v) is 18.6. The van der Waals surface area contributed by atoms with Crippen LogP contribution in [0.5, 0.6) is 0 Å². The minimum Gasteiger partial charge on any atom is -0.0683 e. The molecule has 0 N–H and O–H groups in total. The Morgan fingerprint density at radius 2 is 1.31 bits per heavy atom. The molecule has 0 bridgehead atoms. The SMILES string of the molecule is CC.CCCCc1cc(C)cc(C)c1B1c2ccccc2C=Cc2ccccc21. The fourth-order valence-electron chi connectivity index (χ4n) is 4.56. The van der Waals surface area contributed by atoms with E-state index >= 15 is 0 Å². The van der Waals surface area contributed by atoms with Crippen LogP contribution in [0.3, 0.4) is 0 Å². The Morgan fingerprint density at radius 3 is 1.86 bits per heavy atom. The Morgan fingerprint density at radius 1 is 0.759 bits per heavy atom. The van der Waals surface area contributed by atoms with Crippen LogP contribution in [-0.2, 0) is 6.42 Å². The fourth-order valence-corrected chi connectivity index (χ4v) is 4.56. The third kappa shape index (κ3) is 4.40. The van der Waals surface area contributed by atoms with E-state index in [1.165, 1.54) is 57.0 Å². The molecular formula is C28H33B. The number of benzene rings is 3. The van der Waals surface area contributed by atoms with Gasteiger partial charge in [-0.3, -0.25) is 0 Å². The molecule has 0 unspecified atom stereocenters. The Bertz CT molecular complexity index is 947. The summed E-state index contributed by atoms with van der Waals surface area (Å²) in [6.07, 6.45) is 8.19. The van der Waals surface area contributed by atoms with Gasteiger partial charge >= 0.3 is 0 Å². The highest BCUT2D eigenvalue weighted by molar-refractivity contribution is 6.97. The normalized spacial score (nSPS) is 11.8. The van der Waals surface area contributed by atoms with Crippen molar-refractivity contribution >= 4 is 35.3 Å². The smallest absolute Gasteiger partial charge is 0.0683 e. The zero-order valence-electron chi connectivity index (χ0n) is 18.6. The second-order valence-electron chi connectivity index (χ2n) is 7.78. The molecule has 3 aromatic rings. The van der Waals surface area contributed by atoms with E-state index in [1.54, 1.807) is 0 Å². The van der Waals surface area contributed by atoms with E-state index in [4.69, 9.17) is 0 Å². The minimum absolute atomic E-state index is 0.292. The van der Waals surface area contributed by atoms with Gasteiger partial charge in [-0.25, -0.2) is 0 Å². The quantitative estimate of drug-likeness (QED) is 0.400. The lowest BCUT2D eigenvalue weighted by Crippen LogP contribution is -2.55. The maximum atomic E-state index is 2.42. The summed E-state index contributed by atoms with van der Waals surface area (Å²) in [5.74, 6) is 0. The minimum atomic E-state index is 0.292. The highest BCUT2D eigenvalue weighted by atomic mass is 14.1. The number of aryl methyl sites for hydroxylation is 3. The van der Waals surface area contributed by atoms with Crippen LogP contribution in [0.4, 0.5) is 0 Å². The first-order chi connectivity index (χ1) is 14.2. The van der Waals surface area contributed by atoms with E-state index in [1.807, 2.05) is 13.8 Å². The molecule has 29 heavy (non-hydrogen) atoms. The van der Waals surface area contributed by atoms with Crippen molar-refractivity contribution in [2.24, 2.45) is 0 Å². The largest absolute Gasteiger partial charge is 0.243 e. The molecule has 0 atom stereocenters. The predicted octanol–water partition coefficient (Wildman–Crippen LogP) is 5.67. The third-order valence-corrected chi connectivity index (χ3v) is 5.76. The molecule has 0 aromatic heterocycles. The van der Waals surface area contributed by atoms with Gasteiger partial charge in [-0.05, 0) is 37.8 Å². The monoisotopic (exact) mass is 380 g/mol. The first-order valence-electron chi connectivity index (χ1n) is 11.1. The third-order valence-electron chi connectivity index (χ3n) is 5.76. The van der Waals surface area contributed by atoms with Crippen molar-refractivity contribution in [3.63, 3.8) is 0 Å². The molecule has 0 spiro atoms. The summed E-state index contributed by atoms with van der Waals surface area (Å²) in [6, 6.07) is 22.6. The molecule has 0 radical (unpaired) electrons. The highest BCUT2D eigenvalue weighted by Gasteiger charge is 2.30. The van der Waals surface area contributed by atoms with Gasteiger partial charge in [-0.1, -0.05) is 133 Å². The first kappa shape index (κ1) is 21.2.